The maximum atomic E-state index is 13.0. The molecule has 1 aromatic heterocycles. The number of rotatable bonds is 2. The zero-order valence-corrected chi connectivity index (χ0v) is 10.2. The van der Waals surface area contributed by atoms with Crippen LogP contribution in [-0.4, -0.2) is 9.78 Å². The van der Waals surface area contributed by atoms with Crippen molar-refractivity contribution >= 4 is 0 Å². The van der Waals surface area contributed by atoms with Crippen molar-refractivity contribution in [2.75, 3.05) is 0 Å². The van der Waals surface area contributed by atoms with E-state index in [0.29, 0.717) is 12.1 Å². The van der Waals surface area contributed by atoms with Gasteiger partial charge in [-0.15, -0.1) is 0 Å². The number of aromatic amines is 1. The molecule has 4 heteroatoms. The van der Waals surface area contributed by atoms with E-state index in [1.54, 1.807) is 13.0 Å². The van der Waals surface area contributed by atoms with Crippen molar-refractivity contribution in [3.63, 3.8) is 0 Å². The first-order valence-electron chi connectivity index (χ1n) is 5.61. The molecule has 0 unspecified atom stereocenters. The molecule has 0 radical (unpaired) electrons. The zero-order valence-electron chi connectivity index (χ0n) is 10.2. The Morgan fingerprint density at radius 2 is 2.06 bits per heavy atom. The molecule has 17 heavy (non-hydrogen) atoms. The lowest BCUT2D eigenvalue weighted by Crippen LogP contribution is -2.17. The van der Waals surface area contributed by atoms with Crippen LogP contribution in [0.4, 0.5) is 4.39 Å². The maximum Gasteiger partial charge on any atom is 0.274 e. The quantitative estimate of drug-likeness (QED) is 0.851. The number of nitrogens with one attached hydrogen (secondary N) is 1. The molecule has 1 N–H and O–H groups in total. The minimum atomic E-state index is -0.293. The molecule has 0 bridgehead atoms. The normalized spacial score (nSPS) is 10.8. The fraction of sp³-hybridized carbons (Fsp3) is 0.308. The molecule has 0 fully saturated rings. The highest BCUT2D eigenvalue weighted by molar-refractivity contribution is 5.40. The van der Waals surface area contributed by atoms with Crippen LogP contribution in [0.3, 0.4) is 0 Å². The number of H-pyrrole nitrogens is 1. The van der Waals surface area contributed by atoms with Gasteiger partial charge in [-0.05, 0) is 44.0 Å². The van der Waals surface area contributed by atoms with Gasteiger partial charge in [0.25, 0.3) is 5.56 Å². The molecule has 0 atom stereocenters. The molecule has 0 saturated carbocycles. The Morgan fingerprint density at radius 1 is 1.35 bits per heavy atom. The molecule has 1 heterocycles. The average molecular weight is 234 g/mol. The summed E-state index contributed by atoms with van der Waals surface area (Å²) in [6.45, 7) is 5.60. The number of benzene rings is 1. The number of hydrogen-bond donors (Lipinski definition) is 1. The molecule has 1 aromatic carbocycles. The van der Waals surface area contributed by atoms with Crippen LogP contribution in [0.1, 0.15) is 23.7 Å². The first-order valence-corrected chi connectivity index (χ1v) is 5.61. The Hall–Kier alpha value is -1.84. The van der Waals surface area contributed by atoms with Gasteiger partial charge >= 0.3 is 0 Å². The van der Waals surface area contributed by atoms with E-state index in [1.165, 1.54) is 16.8 Å². The lowest BCUT2D eigenvalue weighted by atomic mass is 10.2. The molecule has 2 aromatic rings. The smallest absolute Gasteiger partial charge is 0.274 e. The molecule has 3 nitrogen and oxygen atoms in total. The summed E-state index contributed by atoms with van der Waals surface area (Å²) in [5.74, 6) is -0.293. The lowest BCUT2D eigenvalue weighted by molar-refractivity contribution is 0.625. The van der Waals surface area contributed by atoms with Crippen LogP contribution in [-0.2, 0) is 6.42 Å². The fourth-order valence-electron chi connectivity index (χ4n) is 2.04. The Bertz CT molecular complexity index is 610. The number of aromatic nitrogens is 2. The number of hydrogen-bond acceptors (Lipinski definition) is 1. The van der Waals surface area contributed by atoms with Crippen LogP contribution >= 0.6 is 0 Å². The van der Waals surface area contributed by atoms with Crippen LogP contribution < -0.4 is 5.56 Å². The second-order valence-electron chi connectivity index (χ2n) is 4.14. The van der Waals surface area contributed by atoms with Crippen LogP contribution in [0.25, 0.3) is 5.69 Å². The van der Waals surface area contributed by atoms with Crippen molar-refractivity contribution in [3.8, 4) is 5.69 Å². The summed E-state index contributed by atoms with van der Waals surface area (Å²) in [5.41, 5.74) is 3.00. The minimum absolute atomic E-state index is 0.0558. The molecule has 0 aliphatic carbocycles. The van der Waals surface area contributed by atoms with Gasteiger partial charge in [-0.3, -0.25) is 9.89 Å². The van der Waals surface area contributed by atoms with Gasteiger partial charge in [0.1, 0.15) is 5.82 Å². The highest BCUT2D eigenvalue weighted by Crippen LogP contribution is 2.14. The van der Waals surface area contributed by atoms with Gasteiger partial charge in [-0.25, -0.2) is 9.07 Å². The monoisotopic (exact) mass is 234 g/mol. The van der Waals surface area contributed by atoms with Gasteiger partial charge in [0.15, 0.2) is 0 Å². The molecule has 90 valence electrons. The van der Waals surface area contributed by atoms with E-state index < -0.39 is 0 Å². The second-order valence-corrected chi connectivity index (χ2v) is 4.14. The van der Waals surface area contributed by atoms with E-state index in [4.69, 9.17) is 0 Å². The summed E-state index contributed by atoms with van der Waals surface area (Å²) in [7, 11) is 0. The van der Waals surface area contributed by atoms with Crippen LogP contribution in [0, 0.1) is 19.7 Å². The van der Waals surface area contributed by atoms with E-state index in [2.05, 4.69) is 5.10 Å². The molecule has 0 spiro atoms. The first kappa shape index (κ1) is 11.6. The number of nitrogens with zero attached hydrogens (tertiary/aromatic N) is 1. The van der Waals surface area contributed by atoms with Crippen molar-refractivity contribution in [1.29, 1.82) is 0 Å². The SMILES string of the molecule is CCc1c(C)[nH]n(-c2ccc(F)cc2C)c1=O. The van der Waals surface area contributed by atoms with Gasteiger partial charge in [0.2, 0.25) is 0 Å². The third-order valence-electron chi connectivity index (χ3n) is 2.95. The van der Waals surface area contributed by atoms with Gasteiger partial charge in [0.05, 0.1) is 5.69 Å². The van der Waals surface area contributed by atoms with Gasteiger partial charge < -0.3 is 0 Å². The van der Waals surface area contributed by atoms with Gasteiger partial charge in [0, 0.05) is 11.3 Å². The zero-order chi connectivity index (χ0) is 12.6. The average Bonchev–Trinajstić information content (AvgIpc) is 2.54. The van der Waals surface area contributed by atoms with Crippen molar-refractivity contribution in [3.05, 3.63) is 51.2 Å². The van der Waals surface area contributed by atoms with Crippen molar-refractivity contribution in [2.45, 2.75) is 27.2 Å². The summed E-state index contributed by atoms with van der Waals surface area (Å²) < 4.78 is 14.5. The lowest BCUT2D eigenvalue weighted by Gasteiger charge is -2.05. The van der Waals surface area contributed by atoms with Crippen molar-refractivity contribution < 1.29 is 4.39 Å². The first-order chi connectivity index (χ1) is 8.04. The summed E-state index contributed by atoms with van der Waals surface area (Å²) in [6, 6.07) is 4.39. The predicted molar refractivity (Wildman–Crippen MR) is 65.2 cm³/mol. The van der Waals surface area contributed by atoms with Crippen molar-refractivity contribution in [1.82, 2.24) is 9.78 Å². The summed E-state index contributed by atoms with van der Waals surface area (Å²) in [5, 5.41) is 3.02. The fourth-order valence-corrected chi connectivity index (χ4v) is 2.04. The molecular weight excluding hydrogens is 219 g/mol. The number of halogens is 1. The maximum absolute atomic E-state index is 13.0. The second kappa shape index (κ2) is 4.20. The van der Waals surface area contributed by atoms with Crippen LogP contribution in [0.15, 0.2) is 23.0 Å². The molecule has 0 saturated heterocycles. The van der Waals surface area contributed by atoms with Gasteiger partial charge in [-0.2, -0.15) is 0 Å². The standard InChI is InChI=1S/C13H15FN2O/c1-4-11-9(3)15-16(13(11)17)12-6-5-10(14)7-8(12)2/h5-7,15H,4H2,1-3H3. The largest absolute Gasteiger partial charge is 0.295 e. The Kier molecular flexibility index (Phi) is 2.88. The third-order valence-corrected chi connectivity index (χ3v) is 2.95. The summed E-state index contributed by atoms with van der Waals surface area (Å²) >= 11 is 0. The van der Waals surface area contributed by atoms with E-state index in [0.717, 1.165) is 16.8 Å². The Balaban J connectivity index is 2.65. The minimum Gasteiger partial charge on any atom is -0.295 e. The summed E-state index contributed by atoms with van der Waals surface area (Å²) in [4.78, 5) is 12.1. The van der Waals surface area contributed by atoms with Crippen LogP contribution in [0.5, 0.6) is 0 Å². The Morgan fingerprint density at radius 3 is 2.59 bits per heavy atom. The van der Waals surface area contributed by atoms with Crippen molar-refractivity contribution in [2.24, 2.45) is 0 Å². The molecular formula is C13H15FN2O. The number of aryl methyl sites for hydroxylation is 2. The molecule has 0 aliphatic rings. The van der Waals surface area contributed by atoms with Crippen LogP contribution in [0.2, 0.25) is 0 Å². The van der Waals surface area contributed by atoms with E-state index in [-0.39, 0.29) is 11.4 Å². The molecule has 2 rings (SSSR count). The summed E-state index contributed by atoms with van der Waals surface area (Å²) in [6.07, 6.45) is 0.689. The molecule has 0 aliphatic heterocycles. The van der Waals surface area contributed by atoms with E-state index in [9.17, 15) is 9.18 Å². The highest BCUT2D eigenvalue weighted by Gasteiger charge is 2.12. The highest BCUT2D eigenvalue weighted by atomic mass is 19.1. The predicted octanol–water partition coefficient (Wildman–Crippen LogP) is 2.48. The van der Waals surface area contributed by atoms with E-state index in [1.807, 2.05) is 13.8 Å². The topological polar surface area (TPSA) is 37.8 Å². The van der Waals surface area contributed by atoms with E-state index >= 15 is 0 Å². The van der Waals surface area contributed by atoms with Gasteiger partial charge in [-0.1, -0.05) is 6.92 Å². The molecule has 0 amide bonds. The Labute approximate surface area is 98.9 Å². The third kappa shape index (κ3) is 1.90.